The first-order valence-electron chi connectivity index (χ1n) is 17.3. The zero-order valence-electron chi connectivity index (χ0n) is 26.9. The number of fused-ring (bicyclic) bond motifs is 7. The number of aromatic nitrogens is 5. The predicted molar refractivity (Wildman–Crippen MR) is 177 cm³/mol. The Kier molecular flexibility index (Phi) is 8.56. The number of benzene rings is 1. The summed E-state index contributed by atoms with van der Waals surface area (Å²) in [6.07, 6.45) is 10.5. The van der Waals surface area contributed by atoms with Crippen LogP contribution in [0.4, 0.5) is 14.6 Å². The number of aryl methyl sites for hydroxylation is 1. The molecule has 3 saturated heterocycles. The Morgan fingerprint density at radius 3 is 2.81 bits per heavy atom. The lowest BCUT2D eigenvalue weighted by molar-refractivity contribution is 0.107. The number of phenolic OH excluding ortho intramolecular Hbond substituents is 1. The Labute approximate surface area is 282 Å². The van der Waals surface area contributed by atoms with E-state index in [9.17, 15) is 9.50 Å². The summed E-state index contributed by atoms with van der Waals surface area (Å²) >= 11 is 6.67. The van der Waals surface area contributed by atoms with Gasteiger partial charge in [-0.25, -0.2) is 8.78 Å². The summed E-state index contributed by atoms with van der Waals surface area (Å²) in [6, 6.07) is 3.06. The zero-order valence-corrected chi connectivity index (χ0v) is 27.7. The number of nitrogens with zero attached hydrogens (tertiary/aromatic N) is 7. The summed E-state index contributed by atoms with van der Waals surface area (Å²) in [5, 5.41) is 15.6. The van der Waals surface area contributed by atoms with Crippen molar-refractivity contribution in [3.8, 4) is 23.0 Å². The molecule has 8 bridgehead atoms. The van der Waals surface area contributed by atoms with E-state index in [0.29, 0.717) is 65.9 Å². The molecule has 1 N–H and O–H groups in total. The third kappa shape index (κ3) is 6.06. The van der Waals surface area contributed by atoms with Gasteiger partial charge in [-0.3, -0.25) is 9.88 Å². The van der Waals surface area contributed by atoms with Crippen molar-refractivity contribution in [2.45, 2.75) is 88.8 Å². The SMILES string of the molecule is Oc1cc(Cl)c2c(c1)-c1ncc3c(nc(OC[C@@]45CCCN4C[C@H](F)C5)nc3c1F)N1CCCC(Cc3noc(n3)CCCCCC2)C1. The number of alkyl halides is 1. The van der Waals surface area contributed by atoms with Crippen LogP contribution < -0.4 is 9.64 Å². The highest BCUT2D eigenvalue weighted by Gasteiger charge is 2.49. The molecule has 254 valence electrons. The van der Waals surface area contributed by atoms with Gasteiger partial charge in [0.25, 0.3) is 0 Å². The van der Waals surface area contributed by atoms with Crippen molar-refractivity contribution < 1.29 is 23.1 Å². The monoisotopic (exact) mass is 679 g/mol. The molecule has 3 aromatic heterocycles. The molecule has 3 fully saturated rings. The van der Waals surface area contributed by atoms with Crippen molar-refractivity contribution in [2.24, 2.45) is 5.92 Å². The number of ether oxygens (including phenoxy) is 1. The van der Waals surface area contributed by atoms with Crippen molar-refractivity contribution in [1.29, 1.82) is 0 Å². The Morgan fingerprint density at radius 2 is 1.92 bits per heavy atom. The van der Waals surface area contributed by atoms with Gasteiger partial charge in [-0.2, -0.15) is 15.0 Å². The number of phenols is 1. The molecule has 48 heavy (non-hydrogen) atoms. The fraction of sp³-hybridized carbons (Fsp3) is 0.571. The highest BCUT2D eigenvalue weighted by atomic mass is 35.5. The molecular weight excluding hydrogens is 640 g/mol. The summed E-state index contributed by atoms with van der Waals surface area (Å²) in [5.41, 5.74) is 0.907. The molecule has 0 aliphatic carbocycles. The number of rotatable bonds is 3. The van der Waals surface area contributed by atoms with Crippen LogP contribution in [0, 0.1) is 11.7 Å². The molecule has 13 heteroatoms. The van der Waals surface area contributed by atoms with Crippen molar-refractivity contribution in [2.75, 3.05) is 37.7 Å². The van der Waals surface area contributed by atoms with E-state index in [0.717, 1.165) is 76.4 Å². The van der Waals surface area contributed by atoms with E-state index in [2.05, 4.69) is 29.9 Å². The molecule has 0 radical (unpaired) electrons. The molecule has 8 heterocycles. The summed E-state index contributed by atoms with van der Waals surface area (Å²) in [6.45, 7) is 2.85. The van der Waals surface area contributed by atoms with Crippen LogP contribution in [0.15, 0.2) is 22.9 Å². The first kappa shape index (κ1) is 31.6. The van der Waals surface area contributed by atoms with Crippen LogP contribution in [-0.2, 0) is 19.3 Å². The van der Waals surface area contributed by atoms with Gasteiger partial charge in [-0.05, 0) is 75.1 Å². The van der Waals surface area contributed by atoms with Crippen LogP contribution in [0.3, 0.4) is 0 Å². The van der Waals surface area contributed by atoms with Gasteiger partial charge >= 0.3 is 6.01 Å². The molecule has 9 rings (SSSR count). The second-order valence-electron chi connectivity index (χ2n) is 14.0. The number of aromatic hydroxyl groups is 1. The molecule has 4 aromatic rings. The third-order valence-electron chi connectivity index (χ3n) is 10.7. The van der Waals surface area contributed by atoms with Crippen LogP contribution in [0.25, 0.3) is 22.2 Å². The lowest BCUT2D eigenvalue weighted by Crippen LogP contribution is -2.43. The minimum atomic E-state index is -0.897. The molecule has 5 aliphatic heterocycles. The lowest BCUT2D eigenvalue weighted by Gasteiger charge is -2.34. The van der Waals surface area contributed by atoms with Gasteiger partial charge in [0.2, 0.25) is 5.89 Å². The third-order valence-corrected chi connectivity index (χ3v) is 11.0. The first-order valence-corrected chi connectivity index (χ1v) is 17.7. The van der Waals surface area contributed by atoms with E-state index >= 15 is 4.39 Å². The van der Waals surface area contributed by atoms with Crippen LogP contribution >= 0.6 is 11.6 Å². The molecule has 0 amide bonds. The van der Waals surface area contributed by atoms with E-state index in [-0.39, 0.29) is 35.5 Å². The molecule has 3 atom stereocenters. The van der Waals surface area contributed by atoms with Gasteiger partial charge in [-0.1, -0.05) is 29.6 Å². The van der Waals surface area contributed by atoms with Crippen molar-refractivity contribution in [1.82, 2.24) is 30.0 Å². The maximum absolute atomic E-state index is 16.9. The van der Waals surface area contributed by atoms with Crippen LogP contribution in [-0.4, -0.2) is 79.6 Å². The lowest BCUT2D eigenvalue weighted by atomic mass is 9.94. The summed E-state index contributed by atoms with van der Waals surface area (Å²) in [4.78, 5) is 23.1. The van der Waals surface area contributed by atoms with Gasteiger partial charge in [0.05, 0.1) is 10.9 Å². The summed E-state index contributed by atoms with van der Waals surface area (Å²) in [5.74, 6) is 1.46. The number of anilines is 1. The topological polar surface area (TPSA) is 114 Å². The number of hydrogen-bond acceptors (Lipinski definition) is 10. The van der Waals surface area contributed by atoms with E-state index in [1.165, 1.54) is 12.1 Å². The first-order chi connectivity index (χ1) is 23.3. The molecule has 10 nitrogen and oxygen atoms in total. The molecule has 0 saturated carbocycles. The van der Waals surface area contributed by atoms with Gasteiger partial charge in [-0.15, -0.1) is 0 Å². The van der Waals surface area contributed by atoms with Gasteiger partial charge in [0, 0.05) is 55.7 Å². The largest absolute Gasteiger partial charge is 0.508 e. The van der Waals surface area contributed by atoms with Gasteiger partial charge in [0.1, 0.15) is 35.6 Å². The number of piperidine rings is 1. The second-order valence-corrected chi connectivity index (χ2v) is 14.4. The Balaban J connectivity index is 1.23. The van der Waals surface area contributed by atoms with E-state index < -0.39 is 17.5 Å². The van der Waals surface area contributed by atoms with Crippen LogP contribution in [0.5, 0.6) is 11.8 Å². The molecule has 1 unspecified atom stereocenters. The normalized spacial score (nSPS) is 25.0. The minimum Gasteiger partial charge on any atom is -0.508 e. The fourth-order valence-electron chi connectivity index (χ4n) is 8.34. The highest BCUT2D eigenvalue weighted by Crippen LogP contribution is 2.42. The standard InChI is InChI=1S/C35H40ClF2N7O3/c36-27-15-23(46)14-25-24(27)8-3-1-2-4-9-29-40-28(43-48-29)13-21-7-5-11-44(18-21)33-26-17-39-31(25)30(38)32(26)41-34(42-33)47-20-35-10-6-12-45(35)19-22(37)16-35/h14-15,17,21-22,46H,1-13,16,18-20H2/t21?,22-,35+/m1/s1. The fourth-order valence-corrected chi connectivity index (χ4v) is 8.65. The highest BCUT2D eigenvalue weighted by molar-refractivity contribution is 6.32. The minimum absolute atomic E-state index is 0.0540. The summed E-state index contributed by atoms with van der Waals surface area (Å²) in [7, 11) is 0. The van der Waals surface area contributed by atoms with Crippen molar-refractivity contribution in [3.63, 3.8) is 0 Å². The van der Waals surface area contributed by atoms with Crippen molar-refractivity contribution >= 4 is 28.3 Å². The Bertz CT molecular complexity index is 1820. The number of pyridine rings is 1. The molecule has 0 spiro atoms. The zero-order chi connectivity index (χ0) is 32.8. The van der Waals surface area contributed by atoms with Crippen LogP contribution in [0.1, 0.15) is 75.1 Å². The summed E-state index contributed by atoms with van der Waals surface area (Å²) < 4.78 is 43.3. The van der Waals surface area contributed by atoms with Crippen molar-refractivity contribution in [3.05, 3.63) is 46.4 Å². The Morgan fingerprint density at radius 1 is 1.04 bits per heavy atom. The predicted octanol–water partition coefficient (Wildman–Crippen LogP) is 6.65. The van der Waals surface area contributed by atoms with Gasteiger partial charge < -0.3 is 19.3 Å². The van der Waals surface area contributed by atoms with Gasteiger partial charge in [0.15, 0.2) is 11.6 Å². The second kappa shape index (κ2) is 13.0. The average molecular weight is 680 g/mol. The smallest absolute Gasteiger partial charge is 0.319 e. The molecule has 1 aromatic carbocycles. The van der Waals surface area contributed by atoms with Crippen LogP contribution in [0.2, 0.25) is 5.02 Å². The van der Waals surface area contributed by atoms with E-state index in [1.54, 1.807) is 6.20 Å². The molecular formula is C35H40ClF2N7O3. The number of halogens is 3. The van der Waals surface area contributed by atoms with E-state index in [4.69, 9.17) is 25.8 Å². The molecule has 5 aliphatic rings. The quantitative estimate of drug-likeness (QED) is 0.253. The Hall–Kier alpha value is -3.64. The van der Waals surface area contributed by atoms with E-state index in [1.807, 2.05) is 0 Å². The number of hydrogen-bond donors (Lipinski definition) is 1. The maximum atomic E-state index is 16.9. The average Bonchev–Trinajstić information content (AvgIpc) is 3.76. The maximum Gasteiger partial charge on any atom is 0.319 e.